The van der Waals surface area contributed by atoms with Gasteiger partial charge in [-0.2, -0.15) is 4.80 Å². The molecular formula is C31H31F2N5O3. The molecule has 0 aliphatic heterocycles. The van der Waals surface area contributed by atoms with Crippen LogP contribution in [0.25, 0.3) is 22.5 Å². The quantitative estimate of drug-likeness (QED) is 0.320. The van der Waals surface area contributed by atoms with Gasteiger partial charge in [-0.15, -0.1) is 10.2 Å². The summed E-state index contributed by atoms with van der Waals surface area (Å²) in [6.07, 6.45) is 2.58. The lowest BCUT2D eigenvalue weighted by Gasteiger charge is -2.15. The lowest BCUT2D eigenvalue weighted by Crippen LogP contribution is -2.27. The predicted octanol–water partition coefficient (Wildman–Crippen LogP) is 5.12. The summed E-state index contributed by atoms with van der Waals surface area (Å²) in [6, 6.07) is 7.90. The molecule has 0 unspecified atom stereocenters. The summed E-state index contributed by atoms with van der Waals surface area (Å²) in [7, 11) is 0. The van der Waals surface area contributed by atoms with Crippen molar-refractivity contribution in [2.24, 2.45) is 11.8 Å². The standard InChI is InChI=1S/C31H31F2N5O3/c1-15-6-19(30-35-37-38(36-30)14-31(4,5)40)7-16(2)27(15)21-9-20(24(32)11-25(21)33)13-41-26-10-18-8-22-28(17(3)39)29(22)23(18)12-34-26/h6-7,9-12,22,28-29,40H,8,13-14H2,1-5H3/t22-,28-,29+/m0/s1. The molecule has 3 atom stereocenters. The smallest absolute Gasteiger partial charge is 0.213 e. The molecular weight excluding hydrogens is 528 g/mol. The second-order valence-corrected chi connectivity index (χ2v) is 11.9. The SMILES string of the molecule is CC(=O)[C@H]1[C@@H]2Cc3cc(OCc4cc(-c5c(C)cc(-c6nnn(CC(C)(C)O)n6)cc5C)c(F)cc4F)ncc3[C@@H]21. The first-order valence-corrected chi connectivity index (χ1v) is 13.6. The zero-order valence-corrected chi connectivity index (χ0v) is 23.6. The molecule has 2 aromatic carbocycles. The van der Waals surface area contributed by atoms with Crippen molar-refractivity contribution in [1.29, 1.82) is 0 Å². The summed E-state index contributed by atoms with van der Waals surface area (Å²) in [5.41, 5.74) is 4.57. The number of halogens is 2. The van der Waals surface area contributed by atoms with Crippen molar-refractivity contribution in [3.63, 3.8) is 0 Å². The summed E-state index contributed by atoms with van der Waals surface area (Å²) in [5, 5.41) is 22.5. The fraction of sp³-hybridized carbons (Fsp3) is 0.387. The zero-order valence-electron chi connectivity index (χ0n) is 23.6. The van der Waals surface area contributed by atoms with Crippen LogP contribution in [0.3, 0.4) is 0 Å². The van der Waals surface area contributed by atoms with Crippen LogP contribution in [0, 0.1) is 37.3 Å². The number of ether oxygens (including phenoxy) is 1. The molecule has 1 saturated carbocycles. The van der Waals surface area contributed by atoms with E-state index in [1.54, 1.807) is 27.0 Å². The number of aromatic nitrogens is 5. The van der Waals surface area contributed by atoms with E-state index >= 15 is 4.39 Å². The van der Waals surface area contributed by atoms with Crippen LogP contribution in [0.1, 0.15) is 54.5 Å². The Morgan fingerprint density at radius 1 is 1.12 bits per heavy atom. The third kappa shape index (κ3) is 5.12. The lowest BCUT2D eigenvalue weighted by molar-refractivity contribution is -0.118. The van der Waals surface area contributed by atoms with Crippen LogP contribution in [0.5, 0.6) is 5.88 Å². The number of nitrogens with zero attached hydrogens (tertiary/aromatic N) is 5. The molecule has 1 fully saturated rings. The number of aliphatic hydroxyl groups is 1. The van der Waals surface area contributed by atoms with Gasteiger partial charge in [-0.05, 0) is 104 Å². The van der Waals surface area contributed by atoms with E-state index in [2.05, 4.69) is 20.4 Å². The van der Waals surface area contributed by atoms with Crippen LogP contribution in [0.2, 0.25) is 0 Å². The normalized spacial score (nSPS) is 19.2. The van der Waals surface area contributed by atoms with Crippen LogP contribution in [-0.4, -0.2) is 41.7 Å². The Kier molecular flexibility index (Phi) is 6.48. The number of hydrogen-bond donors (Lipinski definition) is 1. The van der Waals surface area contributed by atoms with Crippen LogP contribution in [0.15, 0.2) is 36.5 Å². The summed E-state index contributed by atoms with van der Waals surface area (Å²) < 4.78 is 35.8. The first kappa shape index (κ1) is 27.1. The van der Waals surface area contributed by atoms with Gasteiger partial charge in [0.25, 0.3) is 0 Å². The number of aryl methyl sites for hydroxylation is 2. The maximum Gasteiger partial charge on any atom is 0.213 e. The Balaban J connectivity index is 1.23. The summed E-state index contributed by atoms with van der Waals surface area (Å²) in [4.78, 5) is 17.5. The second-order valence-electron chi connectivity index (χ2n) is 11.9. The highest BCUT2D eigenvalue weighted by atomic mass is 19.1. The van der Waals surface area contributed by atoms with E-state index in [0.29, 0.717) is 28.7 Å². The molecule has 1 N–H and O–H groups in total. The zero-order chi connectivity index (χ0) is 29.2. The van der Waals surface area contributed by atoms with Crippen LogP contribution >= 0.6 is 0 Å². The van der Waals surface area contributed by atoms with E-state index in [9.17, 15) is 14.3 Å². The average molecular weight is 560 g/mol. The van der Waals surface area contributed by atoms with E-state index < -0.39 is 17.2 Å². The Hall–Kier alpha value is -4.05. The highest BCUT2D eigenvalue weighted by Crippen LogP contribution is 2.61. The molecule has 41 heavy (non-hydrogen) atoms. The van der Waals surface area contributed by atoms with Gasteiger partial charge >= 0.3 is 0 Å². The van der Waals surface area contributed by atoms with Crippen molar-refractivity contribution < 1.29 is 23.4 Å². The van der Waals surface area contributed by atoms with Gasteiger partial charge in [0, 0.05) is 40.9 Å². The second kappa shape index (κ2) is 9.80. The first-order valence-electron chi connectivity index (χ1n) is 13.6. The molecule has 212 valence electrons. The minimum atomic E-state index is -0.994. The number of rotatable bonds is 8. The van der Waals surface area contributed by atoms with Gasteiger partial charge in [0.1, 0.15) is 24.0 Å². The number of carbonyl (C=O) groups excluding carboxylic acids is 1. The number of carbonyl (C=O) groups is 1. The molecule has 0 saturated heterocycles. The molecule has 2 heterocycles. The van der Waals surface area contributed by atoms with Crippen molar-refractivity contribution in [2.75, 3.05) is 0 Å². The maximum absolute atomic E-state index is 15.1. The number of ketones is 1. The minimum absolute atomic E-state index is 0.104. The Labute approximate surface area is 236 Å². The lowest BCUT2D eigenvalue weighted by atomic mass is 9.92. The average Bonchev–Trinajstić information content (AvgIpc) is 3.20. The van der Waals surface area contributed by atoms with Crippen LogP contribution in [0.4, 0.5) is 8.78 Å². The molecule has 0 radical (unpaired) electrons. The van der Waals surface area contributed by atoms with E-state index in [-0.39, 0.29) is 41.9 Å². The largest absolute Gasteiger partial charge is 0.473 e. The number of pyridine rings is 1. The topological polar surface area (TPSA) is 103 Å². The minimum Gasteiger partial charge on any atom is -0.473 e. The molecule has 2 aromatic heterocycles. The molecule has 2 aliphatic rings. The third-order valence-electron chi connectivity index (χ3n) is 8.01. The van der Waals surface area contributed by atoms with Crippen LogP contribution < -0.4 is 4.74 Å². The fourth-order valence-electron chi connectivity index (χ4n) is 6.24. The van der Waals surface area contributed by atoms with Gasteiger partial charge in [-0.25, -0.2) is 13.8 Å². The Morgan fingerprint density at radius 3 is 2.54 bits per heavy atom. The van der Waals surface area contributed by atoms with E-state index in [4.69, 9.17) is 4.74 Å². The van der Waals surface area contributed by atoms with Gasteiger partial charge < -0.3 is 9.84 Å². The molecule has 4 aromatic rings. The van der Waals surface area contributed by atoms with Gasteiger partial charge in [-0.3, -0.25) is 4.79 Å². The van der Waals surface area contributed by atoms with E-state index in [1.807, 2.05) is 32.0 Å². The van der Waals surface area contributed by atoms with Crippen molar-refractivity contribution in [3.05, 3.63) is 76.0 Å². The number of Topliss-reactive ketones (excluding diaryl/α,β-unsaturated/α-hetero) is 1. The summed E-state index contributed by atoms with van der Waals surface area (Å²) >= 11 is 0. The maximum atomic E-state index is 15.1. The molecule has 0 bridgehead atoms. The van der Waals surface area contributed by atoms with Gasteiger partial charge in [0.2, 0.25) is 11.7 Å². The Bertz CT molecular complexity index is 1670. The molecule has 2 aliphatic carbocycles. The molecule has 6 rings (SSSR count). The third-order valence-corrected chi connectivity index (χ3v) is 8.01. The highest BCUT2D eigenvalue weighted by molar-refractivity contribution is 5.84. The van der Waals surface area contributed by atoms with Crippen molar-refractivity contribution in [3.8, 4) is 28.4 Å². The van der Waals surface area contributed by atoms with Gasteiger partial charge in [0.05, 0.1) is 12.1 Å². The summed E-state index contributed by atoms with van der Waals surface area (Å²) in [6.45, 7) is 8.73. The van der Waals surface area contributed by atoms with Crippen molar-refractivity contribution >= 4 is 5.78 Å². The van der Waals surface area contributed by atoms with Gasteiger partial charge in [-0.1, -0.05) is 0 Å². The summed E-state index contributed by atoms with van der Waals surface area (Å²) in [5.74, 6) is 0.326. The number of tetrazole rings is 1. The van der Waals surface area contributed by atoms with Crippen molar-refractivity contribution in [2.45, 2.75) is 65.7 Å². The fourth-order valence-corrected chi connectivity index (χ4v) is 6.24. The first-order chi connectivity index (χ1) is 19.4. The van der Waals surface area contributed by atoms with Crippen molar-refractivity contribution in [1.82, 2.24) is 25.2 Å². The molecule has 8 nitrogen and oxygen atoms in total. The Morgan fingerprint density at radius 2 is 1.85 bits per heavy atom. The number of hydrogen-bond acceptors (Lipinski definition) is 7. The van der Waals surface area contributed by atoms with Gasteiger partial charge in [0.15, 0.2) is 0 Å². The van der Waals surface area contributed by atoms with Crippen LogP contribution in [-0.2, 0) is 24.4 Å². The molecule has 0 spiro atoms. The molecule has 0 amide bonds. The predicted molar refractivity (Wildman–Crippen MR) is 147 cm³/mol. The van der Waals surface area contributed by atoms with E-state index in [0.717, 1.165) is 34.7 Å². The molecule has 10 heteroatoms. The van der Waals surface area contributed by atoms with E-state index in [1.165, 1.54) is 10.9 Å². The highest BCUT2D eigenvalue weighted by Gasteiger charge is 2.58. The monoisotopic (exact) mass is 559 g/mol. The number of fused-ring (bicyclic) bond motifs is 3. The number of benzene rings is 2.